The Bertz CT molecular complexity index is 909. The maximum atomic E-state index is 12.7. The number of phenolic OH excluding ortho intramolecular Hbond substituents is 1. The normalized spacial score (nSPS) is 16.5. The molecule has 160 valence electrons. The second-order valence-electron chi connectivity index (χ2n) is 7.83. The molecule has 4 heteroatoms. The Labute approximate surface area is 179 Å². The minimum Gasteiger partial charge on any atom is -0.508 e. The average molecular weight is 409 g/mol. The molecule has 0 amide bonds. The second-order valence-corrected chi connectivity index (χ2v) is 7.83. The number of hydrogen-bond donors (Lipinski definition) is 2. The first-order valence-electron chi connectivity index (χ1n) is 10.3. The van der Waals surface area contributed by atoms with Gasteiger partial charge in [-0.3, -0.25) is 4.79 Å². The van der Waals surface area contributed by atoms with Crippen LogP contribution in [0.25, 0.3) is 0 Å². The Hall–Kier alpha value is -3.01. The third-order valence-corrected chi connectivity index (χ3v) is 5.08. The molecule has 1 unspecified atom stereocenters. The molecular weight excluding hydrogens is 376 g/mol. The molecule has 0 saturated heterocycles. The van der Waals surface area contributed by atoms with Gasteiger partial charge in [0.25, 0.3) is 0 Å². The van der Waals surface area contributed by atoms with Crippen molar-refractivity contribution in [2.75, 3.05) is 7.11 Å². The number of aliphatic hydroxyl groups is 1. The Morgan fingerprint density at radius 3 is 2.60 bits per heavy atom. The second kappa shape index (κ2) is 11.2. The number of carbonyl (C=O) groups excluding carboxylic acids is 1. The van der Waals surface area contributed by atoms with E-state index in [4.69, 9.17) is 4.74 Å². The number of ketones is 1. The summed E-state index contributed by atoms with van der Waals surface area (Å²) in [5.74, 6) is 0.572. The van der Waals surface area contributed by atoms with Crippen LogP contribution in [0.3, 0.4) is 0 Å². The molecule has 0 spiro atoms. The van der Waals surface area contributed by atoms with Gasteiger partial charge in [0.2, 0.25) is 0 Å². The summed E-state index contributed by atoms with van der Waals surface area (Å²) in [6.07, 6.45) is 15.8. The van der Waals surface area contributed by atoms with Gasteiger partial charge < -0.3 is 14.9 Å². The van der Waals surface area contributed by atoms with Crippen molar-refractivity contribution >= 4 is 5.78 Å². The molecular formula is C26H32O4. The highest BCUT2D eigenvalue weighted by Gasteiger charge is 2.17. The van der Waals surface area contributed by atoms with Gasteiger partial charge >= 0.3 is 0 Å². The van der Waals surface area contributed by atoms with Crippen LogP contribution in [0.5, 0.6) is 11.5 Å². The Morgan fingerprint density at radius 2 is 1.97 bits per heavy atom. The van der Waals surface area contributed by atoms with E-state index in [2.05, 4.69) is 32.9 Å². The van der Waals surface area contributed by atoms with Crippen molar-refractivity contribution in [1.29, 1.82) is 0 Å². The molecule has 4 nitrogen and oxygen atoms in total. The van der Waals surface area contributed by atoms with Crippen LogP contribution in [0.1, 0.15) is 56.0 Å². The quantitative estimate of drug-likeness (QED) is 0.282. The fourth-order valence-corrected chi connectivity index (χ4v) is 3.24. The van der Waals surface area contributed by atoms with E-state index in [9.17, 15) is 15.0 Å². The lowest BCUT2D eigenvalue weighted by Gasteiger charge is -2.13. The molecule has 0 aromatic heterocycles. The summed E-state index contributed by atoms with van der Waals surface area (Å²) in [5, 5.41) is 20.2. The maximum absolute atomic E-state index is 12.7. The molecule has 0 radical (unpaired) electrons. The van der Waals surface area contributed by atoms with Gasteiger partial charge in [0.15, 0.2) is 5.78 Å². The SMILES string of the molecule is COc1ccc(C(=O)C=CC2C=CC(O)=CC2)c(O)c1CC=C(C)CCC=C(C)C. The molecule has 1 aromatic rings. The molecule has 0 fully saturated rings. The Kier molecular flexibility index (Phi) is 8.72. The van der Waals surface area contributed by atoms with E-state index in [1.165, 1.54) is 17.2 Å². The molecule has 2 rings (SSSR count). The standard InChI is InChI=1S/C26H32O4/c1-18(2)6-5-7-19(3)8-14-23-25(30-4)17-15-22(26(23)29)24(28)16-11-20-9-12-21(27)13-10-20/h6,8-9,11-13,15-17,20,27,29H,5,7,10,14H2,1-4H3. The molecule has 30 heavy (non-hydrogen) atoms. The lowest BCUT2D eigenvalue weighted by molar-refractivity contribution is 0.104. The predicted octanol–water partition coefficient (Wildman–Crippen LogP) is 6.39. The number of carbonyl (C=O) groups is 1. The highest BCUT2D eigenvalue weighted by Crippen LogP contribution is 2.33. The summed E-state index contributed by atoms with van der Waals surface area (Å²) in [7, 11) is 1.56. The van der Waals surface area contributed by atoms with Gasteiger partial charge in [-0.2, -0.15) is 0 Å². The highest BCUT2D eigenvalue weighted by atomic mass is 16.5. The first-order valence-corrected chi connectivity index (χ1v) is 10.3. The topological polar surface area (TPSA) is 66.8 Å². The fraction of sp³-hybridized carbons (Fsp3) is 0.346. The number of phenols is 1. The molecule has 0 aliphatic heterocycles. The monoisotopic (exact) mass is 408 g/mol. The van der Waals surface area contributed by atoms with E-state index in [1.807, 2.05) is 6.08 Å². The summed E-state index contributed by atoms with van der Waals surface area (Å²) < 4.78 is 5.40. The van der Waals surface area contributed by atoms with Gasteiger partial charge in [0, 0.05) is 5.56 Å². The van der Waals surface area contributed by atoms with E-state index in [-0.39, 0.29) is 28.8 Å². The Balaban J connectivity index is 2.16. The van der Waals surface area contributed by atoms with Crippen LogP contribution >= 0.6 is 0 Å². The predicted molar refractivity (Wildman–Crippen MR) is 122 cm³/mol. The van der Waals surface area contributed by atoms with Crippen LogP contribution in [0, 0.1) is 5.92 Å². The maximum Gasteiger partial charge on any atom is 0.189 e. The van der Waals surface area contributed by atoms with Gasteiger partial charge in [-0.1, -0.05) is 35.5 Å². The number of hydrogen-bond acceptors (Lipinski definition) is 4. The van der Waals surface area contributed by atoms with Gasteiger partial charge in [0.05, 0.1) is 12.7 Å². The van der Waals surface area contributed by atoms with Crippen LogP contribution in [0.15, 0.2) is 71.6 Å². The number of methoxy groups -OCH3 is 1. The van der Waals surface area contributed by atoms with Crippen LogP contribution in [-0.4, -0.2) is 23.1 Å². The molecule has 1 aromatic carbocycles. The van der Waals surface area contributed by atoms with Gasteiger partial charge in [-0.05, 0) is 82.7 Å². The van der Waals surface area contributed by atoms with Crippen molar-refractivity contribution in [2.45, 2.75) is 46.5 Å². The van der Waals surface area contributed by atoms with E-state index in [0.717, 1.165) is 12.8 Å². The molecule has 2 N–H and O–H groups in total. The van der Waals surface area contributed by atoms with Crippen LogP contribution < -0.4 is 4.74 Å². The van der Waals surface area contributed by atoms with E-state index >= 15 is 0 Å². The number of benzene rings is 1. The van der Waals surface area contributed by atoms with Gasteiger partial charge in [-0.15, -0.1) is 0 Å². The van der Waals surface area contributed by atoms with Gasteiger partial charge in [-0.25, -0.2) is 0 Å². The molecule has 0 saturated carbocycles. The summed E-state index contributed by atoms with van der Waals surface area (Å²) >= 11 is 0. The summed E-state index contributed by atoms with van der Waals surface area (Å²) in [5.41, 5.74) is 3.41. The zero-order valence-electron chi connectivity index (χ0n) is 18.3. The van der Waals surface area contributed by atoms with Crippen molar-refractivity contribution in [3.63, 3.8) is 0 Å². The minimum absolute atomic E-state index is 0.0333. The number of aromatic hydroxyl groups is 1. The number of rotatable bonds is 9. The molecule has 0 heterocycles. The van der Waals surface area contributed by atoms with Crippen molar-refractivity contribution < 1.29 is 19.7 Å². The fourth-order valence-electron chi connectivity index (χ4n) is 3.24. The van der Waals surface area contributed by atoms with Gasteiger partial charge in [0.1, 0.15) is 17.3 Å². The average Bonchev–Trinajstić information content (AvgIpc) is 2.71. The zero-order chi connectivity index (χ0) is 22.1. The lowest BCUT2D eigenvalue weighted by atomic mass is 9.97. The smallest absolute Gasteiger partial charge is 0.189 e. The molecule has 1 atom stereocenters. The molecule has 0 bridgehead atoms. The van der Waals surface area contributed by atoms with Crippen LogP contribution in [0.4, 0.5) is 0 Å². The summed E-state index contributed by atoms with van der Waals surface area (Å²) in [4.78, 5) is 12.7. The van der Waals surface area contributed by atoms with Crippen LogP contribution in [-0.2, 0) is 6.42 Å². The van der Waals surface area contributed by atoms with Crippen molar-refractivity contribution in [3.8, 4) is 11.5 Å². The van der Waals surface area contributed by atoms with E-state index < -0.39 is 0 Å². The molecule has 1 aliphatic carbocycles. The number of ether oxygens (including phenoxy) is 1. The Morgan fingerprint density at radius 1 is 1.20 bits per heavy atom. The first kappa shape index (κ1) is 23.3. The zero-order valence-corrected chi connectivity index (χ0v) is 18.3. The summed E-state index contributed by atoms with van der Waals surface area (Å²) in [6.45, 7) is 6.25. The summed E-state index contributed by atoms with van der Waals surface area (Å²) in [6, 6.07) is 3.32. The van der Waals surface area contributed by atoms with Crippen molar-refractivity contribution in [3.05, 3.63) is 82.7 Å². The number of aliphatic hydroxyl groups excluding tert-OH is 1. The largest absolute Gasteiger partial charge is 0.508 e. The third-order valence-electron chi connectivity index (χ3n) is 5.08. The van der Waals surface area contributed by atoms with Crippen molar-refractivity contribution in [1.82, 2.24) is 0 Å². The van der Waals surface area contributed by atoms with E-state index in [0.29, 0.717) is 24.2 Å². The third kappa shape index (κ3) is 6.80. The van der Waals surface area contributed by atoms with Crippen molar-refractivity contribution in [2.24, 2.45) is 5.92 Å². The molecule has 1 aliphatic rings. The lowest BCUT2D eigenvalue weighted by Crippen LogP contribution is -2.02. The van der Waals surface area contributed by atoms with Crippen LogP contribution in [0.2, 0.25) is 0 Å². The minimum atomic E-state index is -0.257. The first-order chi connectivity index (χ1) is 14.3. The number of allylic oxidation sites excluding steroid dienone is 9. The highest BCUT2D eigenvalue weighted by molar-refractivity contribution is 6.07. The van der Waals surface area contributed by atoms with E-state index in [1.54, 1.807) is 37.5 Å².